The van der Waals surface area contributed by atoms with Gasteiger partial charge in [-0.15, -0.1) is 0 Å². The summed E-state index contributed by atoms with van der Waals surface area (Å²) in [6.07, 6.45) is 28.4. The van der Waals surface area contributed by atoms with Gasteiger partial charge in [0.1, 0.15) is 0 Å². The molecule has 0 radical (unpaired) electrons. The molecule has 0 aromatic heterocycles. The van der Waals surface area contributed by atoms with E-state index in [2.05, 4.69) is 69.2 Å². The van der Waals surface area contributed by atoms with Gasteiger partial charge in [-0.25, -0.2) is 0 Å². The molecule has 13 atom stereocenters. The molecular weight excluding hydrogens is 504 g/mol. The summed E-state index contributed by atoms with van der Waals surface area (Å²) in [5.41, 5.74) is 0.577. The molecule has 13 unspecified atom stereocenters. The van der Waals surface area contributed by atoms with Crippen LogP contribution < -0.4 is 0 Å². The molecule has 3 fully saturated rings. The van der Waals surface area contributed by atoms with Crippen molar-refractivity contribution in [2.24, 2.45) is 76.4 Å². The fourth-order valence-electron chi connectivity index (χ4n) is 11.1. The smallest absolute Gasteiger partial charge is 0.0290 e. The Morgan fingerprint density at radius 1 is 0.548 bits per heavy atom. The summed E-state index contributed by atoms with van der Waals surface area (Å²) in [4.78, 5) is 0. The van der Waals surface area contributed by atoms with Crippen molar-refractivity contribution in [2.75, 3.05) is 0 Å². The largest absolute Gasteiger partial charge is 0.0654 e. The van der Waals surface area contributed by atoms with Crippen molar-refractivity contribution in [3.63, 3.8) is 0 Å². The van der Waals surface area contributed by atoms with Gasteiger partial charge in [0, 0.05) is 0 Å². The molecule has 0 aromatic rings. The average molecular weight is 585 g/mol. The SMILES string of the molecule is CCCCCCCC1CCC2CCC(C1)C(C)C(C)C(C)C(C)C(C)C(C)CC1(CCC(CC)C(C)CCC(C)C1)C2. The van der Waals surface area contributed by atoms with Crippen LogP contribution in [0.3, 0.4) is 0 Å². The van der Waals surface area contributed by atoms with E-state index in [1.54, 1.807) is 6.42 Å². The molecule has 3 aliphatic rings. The molecular formula is C42H80. The van der Waals surface area contributed by atoms with Crippen LogP contribution in [0.25, 0.3) is 0 Å². The van der Waals surface area contributed by atoms with E-state index in [4.69, 9.17) is 0 Å². The highest BCUT2D eigenvalue weighted by Gasteiger charge is 2.42. The van der Waals surface area contributed by atoms with Crippen LogP contribution in [0, 0.1) is 76.4 Å². The van der Waals surface area contributed by atoms with Gasteiger partial charge in [-0.2, -0.15) is 0 Å². The van der Waals surface area contributed by atoms with Crippen LogP contribution in [0.1, 0.15) is 191 Å². The summed E-state index contributed by atoms with van der Waals surface area (Å²) in [6, 6.07) is 0. The van der Waals surface area contributed by atoms with Crippen LogP contribution in [-0.2, 0) is 0 Å². The number of fused-ring (bicyclic) bond motifs is 3. The number of unbranched alkanes of at least 4 members (excludes halogenated alkanes) is 4. The van der Waals surface area contributed by atoms with Crippen molar-refractivity contribution in [2.45, 2.75) is 191 Å². The zero-order chi connectivity index (χ0) is 30.9. The van der Waals surface area contributed by atoms with Crippen molar-refractivity contribution >= 4 is 0 Å². The van der Waals surface area contributed by atoms with Crippen LogP contribution >= 0.6 is 0 Å². The molecule has 0 saturated heterocycles. The van der Waals surface area contributed by atoms with Crippen LogP contribution in [0.5, 0.6) is 0 Å². The van der Waals surface area contributed by atoms with E-state index in [9.17, 15) is 0 Å². The zero-order valence-electron chi connectivity index (χ0n) is 30.9. The minimum absolute atomic E-state index is 0.577. The van der Waals surface area contributed by atoms with Crippen molar-refractivity contribution in [3.05, 3.63) is 0 Å². The lowest BCUT2D eigenvalue weighted by atomic mass is 9.61. The first-order valence-electron chi connectivity index (χ1n) is 20.0. The van der Waals surface area contributed by atoms with Gasteiger partial charge in [0.15, 0.2) is 0 Å². The quantitative estimate of drug-likeness (QED) is 0.261. The summed E-state index contributed by atoms with van der Waals surface area (Å²) in [6.45, 7) is 26.1. The molecule has 3 aliphatic carbocycles. The fourth-order valence-corrected chi connectivity index (χ4v) is 11.1. The Morgan fingerprint density at radius 2 is 1.21 bits per heavy atom. The lowest BCUT2D eigenvalue weighted by molar-refractivity contribution is 0.0674. The molecule has 42 heavy (non-hydrogen) atoms. The van der Waals surface area contributed by atoms with Crippen LogP contribution in [0.4, 0.5) is 0 Å². The minimum Gasteiger partial charge on any atom is -0.0654 e. The summed E-state index contributed by atoms with van der Waals surface area (Å²) in [7, 11) is 0. The second-order valence-corrected chi connectivity index (χ2v) is 17.8. The normalized spacial score (nSPS) is 45.0. The highest BCUT2D eigenvalue weighted by atomic mass is 14.5. The highest BCUT2D eigenvalue weighted by molar-refractivity contribution is 4.92. The van der Waals surface area contributed by atoms with Gasteiger partial charge in [0.25, 0.3) is 0 Å². The number of hydrogen-bond donors (Lipinski definition) is 0. The Morgan fingerprint density at radius 3 is 1.93 bits per heavy atom. The van der Waals surface area contributed by atoms with Crippen molar-refractivity contribution in [1.82, 2.24) is 0 Å². The number of rotatable bonds is 7. The molecule has 0 heterocycles. The molecule has 0 aliphatic heterocycles. The molecule has 3 rings (SSSR count). The Labute approximate surface area is 267 Å². The second kappa shape index (κ2) is 17.6. The molecule has 0 nitrogen and oxygen atoms in total. The lowest BCUT2D eigenvalue weighted by Crippen LogP contribution is -2.34. The van der Waals surface area contributed by atoms with E-state index in [1.165, 1.54) is 116 Å². The molecule has 1 spiro atoms. The maximum absolute atomic E-state index is 2.69. The van der Waals surface area contributed by atoms with Gasteiger partial charge in [0.05, 0.1) is 0 Å². The first kappa shape index (κ1) is 36.5. The third-order valence-corrected chi connectivity index (χ3v) is 15.0. The Hall–Kier alpha value is 0. The van der Waals surface area contributed by atoms with E-state index in [0.29, 0.717) is 5.41 Å². The van der Waals surface area contributed by atoms with E-state index in [-0.39, 0.29) is 0 Å². The van der Waals surface area contributed by atoms with E-state index < -0.39 is 0 Å². The summed E-state index contributed by atoms with van der Waals surface area (Å²) >= 11 is 0. The molecule has 0 heteroatoms. The van der Waals surface area contributed by atoms with E-state index in [1.807, 2.05) is 0 Å². The standard InChI is InChI=1S/C42H80/c1-11-13-14-15-16-17-38-20-21-39-22-23-41(26-38)37(10)36(9)35(8)34(7)33(6)32(5)28-42(29-39)25-24-40(12-2)31(4)19-18-30(3)27-42/h30-41H,11-29H2,1-10H3. The van der Waals surface area contributed by atoms with Gasteiger partial charge >= 0.3 is 0 Å². The molecule has 0 aromatic carbocycles. The Balaban J connectivity index is 1.94. The molecule has 0 N–H and O–H groups in total. The molecule has 2 bridgehead atoms. The first-order chi connectivity index (χ1) is 20.0. The third kappa shape index (κ3) is 10.3. The lowest BCUT2D eigenvalue weighted by Gasteiger charge is -2.44. The highest BCUT2D eigenvalue weighted by Crippen LogP contribution is 2.52. The summed E-state index contributed by atoms with van der Waals surface area (Å²) < 4.78 is 0. The van der Waals surface area contributed by atoms with Crippen LogP contribution in [-0.4, -0.2) is 0 Å². The number of hydrogen-bond acceptors (Lipinski definition) is 0. The Bertz CT molecular complexity index is 724. The first-order valence-corrected chi connectivity index (χ1v) is 20.0. The van der Waals surface area contributed by atoms with E-state index in [0.717, 1.165) is 71.0 Å². The Kier molecular flexibility index (Phi) is 15.3. The maximum Gasteiger partial charge on any atom is -0.0290 e. The van der Waals surface area contributed by atoms with E-state index >= 15 is 0 Å². The topological polar surface area (TPSA) is 0 Å². The fraction of sp³-hybridized carbons (Fsp3) is 1.00. The van der Waals surface area contributed by atoms with Gasteiger partial charge < -0.3 is 0 Å². The van der Waals surface area contributed by atoms with Gasteiger partial charge in [-0.3, -0.25) is 0 Å². The maximum atomic E-state index is 2.69. The van der Waals surface area contributed by atoms with Gasteiger partial charge in [0.2, 0.25) is 0 Å². The average Bonchev–Trinajstić information content (AvgIpc) is 3.01. The predicted molar refractivity (Wildman–Crippen MR) is 189 cm³/mol. The summed E-state index contributed by atoms with van der Waals surface area (Å²) in [5.74, 6) is 10.7. The van der Waals surface area contributed by atoms with Crippen molar-refractivity contribution < 1.29 is 0 Å². The van der Waals surface area contributed by atoms with Gasteiger partial charge in [-0.05, 0) is 121 Å². The molecule has 3 saturated carbocycles. The molecule has 0 amide bonds. The van der Waals surface area contributed by atoms with Crippen LogP contribution in [0.2, 0.25) is 0 Å². The summed E-state index contributed by atoms with van der Waals surface area (Å²) in [5, 5.41) is 0. The third-order valence-electron chi connectivity index (χ3n) is 15.0. The molecule has 248 valence electrons. The monoisotopic (exact) mass is 585 g/mol. The van der Waals surface area contributed by atoms with Crippen molar-refractivity contribution in [1.29, 1.82) is 0 Å². The second-order valence-electron chi connectivity index (χ2n) is 17.8. The van der Waals surface area contributed by atoms with Crippen molar-refractivity contribution in [3.8, 4) is 0 Å². The minimum atomic E-state index is 0.577. The zero-order valence-corrected chi connectivity index (χ0v) is 30.9. The van der Waals surface area contributed by atoms with Gasteiger partial charge in [-0.1, -0.05) is 146 Å². The predicted octanol–water partition coefficient (Wildman–Crippen LogP) is 14.0. The van der Waals surface area contributed by atoms with Crippen LogP contribution in [0.15, 0.2) is 0 Å².